The van der Waals surface area contributed by atoms with Crippen molar-refractivity contribution in [2.24, 2.45) is 5.73 Å². The van der Waals surface area contributed by atoms with Crippen LogP contribution in [0.15, 0.2) is 12.1 Å². The number of methoxy groups -OCH3 is 1. The Bertz CT molecular complexity index is 429. The van der Waals surface area contributed by atoms with Crippen molar-refractivity contribution in [1.29, 1.82) is 0 Å². The van der Waals surface area contributed by atoms with Crippen LogP contribution in [-0.4, -0.2) is 19.7 Å². The van der Waals surface area contributed by atoms with Crippen molar-refractivity contribution in [3.63, 3.8) is 0 Å². The van der Waals surface area contributed by atoms with Gasteiger partial charge in [-0.3, -0.25) is 0 Å². The smallest absolute Gasteiger partial charge is 0.338 e. The Labute approximate surface area is 94.3 Å². The molecule has 1 aliphatic heterocycles. The summed E-state index contributed by atoms with van der Waals surface area (Å²) in [6, 6.07) is 3.56. The van der Waals surface area contributed by atoms with Gasteiger partial charge in [-0.25, -0.2) is 4.79 Å². The molecular formula is C12H15NO3. The van der Waals surface area contributed by atoms with Gasteiger partial charge in [0.05, 0.1) is 19.3 Å². The number of carbonyl (C=O) groups is 1. The van der Waals surface area contributed by atoms with Gasteiger partial charge >= 0.3 is 5.97 Å². The SMILES string of the molecule is COC(=O)c1cc2c(cc1C)OCCC2N. The Morgan fingerprint density at radius 3 is 3.00 bits per heavy atom. The van der Waals surface area contributed by atoms with Gasteiger partial charge in [0.2, 0.25) is 0 Å². The van der Waals surface area contributed by atoms with Crippen molar-refractivity contribution in [2.75, 3.05) is 13.7 Å². The molecule has 0 spiro atoms. The Morgan fingerprint density at radius 2 is 2.31 bits per heavy atom. The van der Waals surface area contributed by atoms with Crippen LogP contribution in [0.1, 0.15) is 33.9 Å². The molecule has 0 fully saturated rings. The molecule has 0 aromatic heterocycles. The lowest BCUT2D eigenvalue weighted by Crippen LogP contribution is -2.21. The largest absolute Gasteiger partial charge is 0.493 e. The average Bonchev–Trinajstić information content (AvgIpc) is 2.28. The lowest BCUT2D eigenvalue weighted by Gasteiger charge is -2.24. The van der Waals surface area contributed by atoms with Gasteiger partial charge in [0.25, 0.3) is 0 Å². The van der Waals surface area contributed by atoms with Gasteiger partial charge in [0.15, 0.2) is 0 Å². The van der Waals surface area contributed by atoms with Crippen molar-refractivity contribution in [1.82, 2.24) is 0 Å². The quantitative estimate of drug-likeness (QED) is 0.731. The van der Waals surface area contributed by atoms with Crippen molar-refractivity contribution in [3.05, 3.63) is 28.8 Å². The number of ether oxygens (including phenoxy) is 2. The maximum absolute atomic E-state index is 11.5. The molecular weight excluding hydrogens is 206 g/mol. The van der Waals surface area contributed by atoms with E-state index in [1.165, 1.54) is 7.11 Å². The molecule has 1 heterocycles. The summed E-state index contributed by atoms with van der Waals surface area (Å²) in [6.07, 6.45) is 0.774. The first-order chi connectivity index (χ1) is 7.63. The van der Waals surface area contributed by atoms with E-state index in [9.17, 15) is 4.79 Å². The number of esters is 1. The molecule has 0 amide bonds. The second-order valence-corrected chi connectivity index (χ2v) is 3.94. The predicted molar refractivity (Wildman–Crippen MR) is 59.6 cm³/mol. The van der Waals surface area contributed by atoms with Crippen LogP contribution in [0.2, 0.25) is 0 Å². The molecule has 0 saturated heterocycles. The molecule has 86 valence electrons. The molecule has 0 radical (unpaired) electrons. The molecule has 2 N–H and O–H groups in total. The molecule has 1 atom stereocenters. The second kappa shape index (κ2) is 4.14. The fourth-order valence-electron chi connectivity index (χ4n) is 1.89. The van der Waals surface area contributed by atoms with Crippen LogP contribution in [0.25, 0.3) is 0 Å². The van der Waals surface area contributed by atoms with E-state index in [0.29, 0.717) is 12.2 Å². The number of hydrogen-bond donors (Lipinski definition) is 1. The number of carbonyl (C=O) groups excluding carboxylic acids is 1. The number of benzene rings is 1. The summed E-state index contributed by atoms with van der Waals surface area (Å²) >= 11 is 0. The highest BCUT2D eigenvalue weighted by Gasteiger charge is 2.21. The van der Waals surface area contributed by atoms with E-state index in [0.717, 1.165) is 23.3 Å². The third-order valence-electron chi connectivity index (χ3n) is 2.85. The van der Waals surface area contributed by atoms with Crippen molar-refractivity contribution >= 4 is 5.97 Å². The van der Waals surface area contributed by atoms with Gasteiger partial charge in [-0.2, -0.15) is 0 Å². The van der Waals surface area contributed by atoms with Gasteiger partial charge < -0.3 is 15.2 Å². The Hall–Kier alpha value is -1.55. The van der Waals surface area contributed by atoms with Crippen LogP contribution in [0.5, 0.6) is 5.75 Å². The van der Waals surface area contributed by atoms with E-state index in [-0.39, 0.29) is 12.0 Å². The highest BCUT2D eigenvalue weighted by Crippen LogP contribution is 2.33. The summed E-state index contributed by atoms with van der Waals surface area (Å²) in [7, 11) is 1.37. The summed E-state index contributed by atoms with van der Waals surface area (Å²) in [4.78, 5) is 11.5. The van der Waals surface area contributed by atoms with E-state index in [2.05, 4.69) is 0 Å². The minimum Gasteiger partial charge on any atom is -0.493 e. The third kappa shape index (κ3) is 1.76. The lowest BCUT2D eigenvalue weighted by molar-refractivity contribution is 0.0599. The molecule has 16 heavy (non-hydrogen) atoms. The predicted octanol–water partition coefficient (Wildman–Crippen LogP) is 1.56. The summed E-state index contributed by atoms with van der Waals surface area (Å²) in [5, 5.41) is 0. The monoisotopic (exact) mass is 221 g/mol. The molecule has 4 heteroatoms. The van der Waals surface area contributed by atoms with Crippen molar-refractivity contribution in [2.45, 2.75) is 19.4 Å². The summed E-state index contributed by atoms with van der Waals surface area (Å²) in [5.74, 6) is 0.446. The minimum absolute atomic E-state index is 0.0623. The standard InChI is InChI=1S/C12H15NO3/c1-7-5-11-9(10(13)3-4-16-11)6-8(7)12(14)15-2/h5-6,10H,3-4,13H2,1-2H3. The van der Waals surface area contributed by atoms with Crippen LogP contribution in [-0.2, 0) is 4.74 Å². The van der Waals surface area contributed by atoms with Crippen LogP contribution in [0.3, 0.4) is 0 Å². The number of aryl methyl sites for hydroxylation is 1. The fourth-order valence-corrected chi connectivity index (χ4v) is 1.89. The van der Waals surface area contributed by atoms with Crippen LogP contribution < -0.4 is 10.5 Å². The number of hydrogen-bond acceptors (Lipinski definition) is 4. The zero-order valence-electron chi connectivity index (χ0n) is 9.45. The molecule has 0 bridgehead atoms. The van der Waals surface area contributed by atoms with E-state index in [4.69, 9.17) is 15.2 Å². The van der Waals surface area contributed by atoms with Crippen LogP contribution in [0.4, 0.5) is 0 Å². The van der Waals surface area contributed by atoms with Crippen LogP contribution in [0, 0.1) is 6.92 Å². The molecule has 1 unspecified atom stereocenters. The van der Waals surface area contributed by atoms with E-state index < -0.39 is 0 Å². The minimum atomic E-state index is -0.335. The van der Waals surface area contributed by atoms with Gasteiger partial charge in [-0.15, -0.1) is 0 Å². The zero-order valence-corrected chi connectivity index (χ0v) is 9.45. The Balaban J connectivity index is 2.50. The normalized spacial score (nSPS) is 18.6. The first-order valence-electron chi connectivity index (χ1n) is 5.24. The average molecular weight is 221 g/mol. The first-order valence-corrected chi connectivity index (χ1v) is 5.24. The van der Waals surface area contributed by atoms with E-state index >= 15 is 0 Å². The highest BCUT2D eigenvalue weighted by molar-refractivity contribution is 5.91. The van der Waals surface area contributed by atoms with E-state index in [1.807, 2.05) is 13.0 Å². The Kier molecular flexibility index (Phi) is 2.83. The van der Waals surface area contributed by atoms with E-state index in [1.54, 1.807) is 6.07 Å². The maximum atomic E-state index is 11.5. The van der Waals surface area contributed by atoms with Crippen LogP contribution >= 0.6 is 0 Å². The number of rotatable bonds is 1. The van der Waals surface area contributed by atoms with Gasteiger partial charge in [-0.1, -0.05) is 0 Å². The lowest BCUT2D eigenvalue weighted by atomic mass is 9.96. The molecule has 1 aliphatic rings. The van der Waals surface area contributed by atoms with Gasteiger partial charge in [0.1, 0.15) is 5.75 Å². The fraction of sp³-hybridized carbons (Fsp3) is 0.417. The highest BCUT2D eigenvalue weighted by atomic mass is 16.5. The summed E-state index contributed by atoms with van der Waals surface area (Å²) in [6.45, 7) is 2.49. The third-order valence-corrected chi connectivity index (χ3v) is 2.85. The molecule has 1 aromatic rings. The van der Waals surface area contributed by atoms with Gasteiger partial charge in [-0.05, 0) is 24.6 Å². The summed E-state index contributed by atoms with van der Waals surface area (Å²) < 4.78 is 10.2. The Morgan fingerprint density at radius 1 is 1.56 bits per heavy atom. The van der Waals surface area contributed by atoms with Crippen molar-refractivity contribution < 1.29 is 14.3 Å². The number of fused-ring (bicyclic) bond motifs is 1. The molecule has 0 aliphatic carbocycles. The molecule has 0 saturated carbocycles. The summed E-state index contributed by atoms with van der Waals surface area (Å²) in [5.41, 5.74) is 8.27. The van der Waals surface area contributed by atoms with Crippen molar-refractivity contribution in [3.8, 4) is 5.75 Å². The van der Waals surface area contributed by atoms with Gasteiger partial charge in [0, 0.05) is 18.0 Å². The molecule has 1 aromatic carbocycles. The molecule has 4 nitrogen and oxygen atoms in total. The number of nitrogens with two attached hydrogens (primary N) is 1. The first kappa shape index (κ1) is 11.0. The zero-order chi connectivity index (χ0) is 11.7. The maximum Gasteiger partial charge on any atom is 0.338 e. The topological polar surface area (TPSA) is 61.5 Å². The second-order valence-electron chi connectivity index (χ2n) is 3.94. The molecule has 2 rings (SSSR count).